The smallest absolute Gasteiger partial charge is 0.145 e. The molecule has 0 unspecified atom stereocenters. The molecule has 2 rings (SSSR count). The third-order valence-corrected chi connectivity index (χ3v) is 2.65. The van der Waals surface area contributed by atoms with Gasteiger partial charge in [0.05, 0.1) is 6.61 Å². The minimum absolute atomic E-state index is 0.459. The molecule has 19 heavy (non-hydrogen) atoms. The first-order chi connectivity index (χ1) is 9.33. The third kappa shape index (κ3) is 3.46. The quantitative estimate of drug-likeness (QED) is 0.890. The fourth-order valence-electron chi connectivity index (χ4n) is 1.71. The SMILES string of the molecule is CCOc1ccc(NCc2cccnc2C#N)cc1. The summed E-state index contributed by atoms with van der Waals surface area (Å²) < 4.78 is 5.38. The lowest BCUT2D eigenvalue weighted by Crippen LogP contribution is -2.02. The first-order valence-corrected chi connectivity index (χ1v) is 6.14. The predicted octanol–water partition coefficient (Wildman–Crippen LogP) is 2.96. The molecule has 0 aliphatic heterocycles. The average molecular weight is 253 g/mol. The van der Waals surface area contributed by atoms with Crippen LogP contribution in [0.2, 0.25) is 0 Å². The van der Waals surface area contributed by atoms with Crippen LogP contribution in [0.15, 0.2) is 42.6 Å². The number of ether oxygens (including phenoxy) is 1. The maximum atomic E-state index is 8.95. The summed E-state index contributed by atoms with van der Waals surface area (Å²) in [7, 11) is 0. The highest BCUT2D eigenvalue weighted by Crippen LogP contribution is 2.16. The molecule has 0 saturated carbocycles. The van der Waals surface area contributed by atoms with Gasteiger partial charge in [-0.05, 0) is 37.3 Å². The summed E-state index contributed by atoms with van der Waals surface area (Å²) in [5.74, 6) is 0.854. The van der Waals surface area contributed by atoms with Crippen molar-refractivity contribution in [1.82, 2.24) is 4.98 Å². The van der Waals surface area contributed by atoms with Crippen LogP contribution in [0, 0.1) is 11.3 Å². The number of pyridine rings is 1. The Balaban J connectivity index is 2.00. The fourth-order valence-corrected chi connectivity index (χ4v) is 1.71. The van der Waals surface area contributed by atoms with Crippen LogP contribution in [0.1, 0.15) is 18.2 Å². The largest absolute Gasteiger partial charge is 0.494 e. The van der Waals surface area contributed by atoms with Crippen LogP contribution in [-0.4, -0.2) is 11.6 Å². The molecule has 2 aromatic rings. The molecule has 0 atom stereocenters. The van der Waals surface area contributed by atoms with E-state index in [4.69, 9.17) is 10.00 Å². The maximum Gasteiger partial charge on any atom is 0.145 e. The van der Waals surface area contributed by atoms with Gasteiger partial charge in [0.25, 0.3) is 0 Å². The van der Waals surface area contributed by atoms with Crippen molar-refractivity contribution >= 4 is 5.69 Å². The van der Waals surface area contributed by atoms with Gasteiger partial charge in [-0.3, -0.25) is 0 Å². The van der Waals surface area contributed by atoms with Gasteiger partial charge in [0.2, 0.25) is 0 Å². The Kier molecular flexibility index (Phi) is 4.35. The molecule has 0 radical (unpaired) electrons. The number of nitriles is 1. The number of aromatic nitrogens is 1. The number of nitrogens with one attached hydrogen (secondary N) is 1. The summed E-state index contributed by atoms with van der Waals surface area (Å²) in [4.78, 5) is 4.03. The average Bonchev–Trinajstić information content (AvgIpc) is 2.47. The number of hydrogen-bond donors (Lipinski definition) is 1. The van der Waals surface area contributed by atoms with Crippen molar-refractivity contribution in [3.63, 3.8) is 0 Å². The van der Waals surface area contributed by atoms with Gasteiger partial charge in [0, 0.05) is 24.0 Å². The van der Waals surface area contributed by atoms with Crippen molar-refractivity contribution < 1.29 is 4.74 Å². The van der Waals surface area contributed by atoms with Crippen LogP contribution in [0.4, 0.5) is 5.69 Å². The highest BCUT2D eigenvalue weighted by atomic mass is 16.5. The van der Waals surface area contributed by atoms with E-state index in [0.717, 1.165) is 17.0 Å². The van der Waals surface area contributed by atoms with Crippen molar-refractivity contribution in [3.05, 3.63) is 53.9 Å². The highest BCUT2D eigenvalue weighted by molar-refractivity contribution is 5.47. The lowest BCUT2D eigenvalue weighted by atomic mass is 10.2. The molecule has 0 bridgehead atoms. The standard InChI is InChI=1S/C15H15N3O/c1-2-19-14-7-5-13(6-8-14)18-11-12-4-3-9-17-15(12)10-16/h3-9,18H,2,11H2,1H3. The lowest BCUT2D eigenvalue weighted by Gasteiger charge is -2.08. The first-order valence-electron chi connectivity index (χ1n) is 6.14. The fraction of sp³-hybridized carbons (Fsp3) is 0.200. The number of nitrogens with zero attached hydrogens (tertiary/aromatic N) is 2. The third-order valence-electron chi connectivity index (χ3n) is 2.65. The molecule has 96 valence electrons. The lowest BCUT2D eigenvalue weighted by molar-refractivity contribution is 0.340. The van der Waals surface area contributed by atoms with Crippen molar-refractivity contribution in [1.29, 1.82) is 5.26 Å². The molecule has 0 aliphatic rings. The van der Waals surface area contributed by atoms with E-state index in [1.165, 1.54) is 0 Å². The molecule has 4 nitrogen and oxygen atoms in total. The van der Waals surface area contributed by atoms with E-state index >= 15 is 0 Å². The van der Waals surface area contributed by atoms with Gasteiger partial charge < -0.3 is 10.1 Å². The summed E-state index contributed by atoms with van der Waals surface area (Å²) >= 11 is 0. The molecule has 0 saturated heterocycles. The molecule has 0 spiro atoms. The summed E-state index contributed by atoms with van der Waals surface area (Å²) in [6, 6.07) is 13.5. The van der Waals surface area contributed by atoms with E-state index in [9.17, 15) is 0 Å². The van der Waals surface area contributed by atoms with E-state index in [0.29, 0.717) is 18.8 Å². The normalized spacial score (nSPS) is 9.68. The monoisotopic (exact) mass is 253 g/mol. The maximum absolute atomic E-state index is 8.95. The van der Waals surface area contributed by atoms with Crippen molar-refractivity contribution in [2.24, 2.45) is 0 Å². The molecule has 0 aliphatic carbocycles. The first kappa shape index (κ1) is 12.9. The van der Waals surface area contributed by atoms with E-state index in [2.05, 4.69) is 16.4 Å². The number of benzene rings is 1. The van der Waals surface area contributed by atoms with Crippen LogP contribution in [0.25, 0.3) is 0 Å². The van der Waals surface area contributed by atoms with Crippen molar-refractivity contribution in [2.45, 2.75) is 13.5 Å². The molecular weight excluding hydrogens is 238 g/mol. The summed E-state index contributed by atoms with van der Waals surface area (Å²) in [5.41, 5.74) is 2.33. The van der Waals surface area contributed by atoms with Crippen LogP contribution < -0.4 is 10.1 Å². The summed E-state index contributed by atoms with van der Waals surface area (Å²) in [5, 5.41) is 12.2. The van der Waals surface area contributed by atoms with Crippen molar-refractivity contribution in [3.8, 4) is 11.8 Å². The molecule has 1 aromatic heterocycles. The van der Waals surface area contributed by atoms with Gasteiger partial charge in [-0.15, -0.1) is 0 Å². The van der Waals surface area contributed by atoms with Crippen LogP contribution in [0.5, 0.6) is 5.75 Å². The van der Waals surface area contributed by atoms with E-state index in [1.54, 1.807) is 6.20 Å². The van der Waals surface area contributed by atoms with Crippen molar-refractivity contribution in [2.75, 3.05) is 11.9 Å². The predicted molar refractivity (Wildman–Crippen MR) is 73.9 cm³/mol. The number of anilines is 1. The second-order valence-electron chi connectivity index (χ2n) is 3.93. The van der Waals surface area contributed by atoms with E-state index in [1.807, 2.05) is 43.3 Å². The van der Waals surface area contributed by atoms with Gasteiger partial charge in [-0.1, -0.05) is 6.07 Å². The summed E-state index contributed by atoms with van der Waals surface area (Å²) in [6.45, 7) is 3.19. The van der Waals surface area contributed by atoms with Gasteiger partial charge in [-0.25, -0.2) is 4.98 Å². The van der Waals surface area contributed by atoms with Gasteiger partial charge in [0.15, 0.2) is 0 Å². The molecule has 1 heterocycles. The minimum Gasteiger partial charge on any atom is -0.494 e. The molecule has 0 fully saturated rings. The minimum atomic E-state index is 0.459. The number of rotatable bonds is 5. The highest BCUT2D eigenvalue weighted by Gasteiger charge is 2.02. The van der Waals surface area contributed by atoms with Crippen LogP contribution in [0.3, 0.4) is 0 Å². The molecule has 1 N–H and O–H groups in total. The van der Waals surface area contributed by atoms with Gasteiger partial charge in [0.1, 0.15) is 17.5 Å². The Bertz CT molecular complexity index is 573. The van der Waals surface area contributed by atoms with E-state index < -0.39 is 0 Å². The van der Waals surface area contributed by atoms with E-state index in [-0.39, 0.29) is 0 Å². The Labute approximate surface area is 112 Å². The second kappa shape index (κ2) is 6.41. The Hall–Kier alpha value is -2.54. The number of hydrogen-bond acceptors (Lipinski definition) is 4. The molecule has 0 amide bonds. The van der Waals surface area contributed by atoms with Gasteiger partial charge >= 0.3 is 0 Å². The Morgan fingerprint density at radius 2 is 2.05 bits per heavy atom. The second-order valence-corrected chi connectivity index (χ2v) is 3.93. The Morgan fingerprint density at radius 1 is 1.26 bits per heavy atom. The topological polar surface area (TPSA) is 57.9 Å². The zero-order chi connectivity index (χ0) is 13.5. The van der Waals surface area contributed by atoms with Crippen LogP contribution in [-0.2, 0) is 6.54 Å². The molecule has 1 aromatic carbocycles. The summed E-state index contributed by atoms with van der Waals surface area (Å²) in [6.07, 6.45) is 1.62. The van der Waals surface area contributed by atoms with Gasteiger partial charge in [-0.2, -0.15) is 5.26 Å². The molecule has 4 heteroatoms. The Morgan fingerprint density at radius 3 is 2.74 bits per heavy atom. The molecular formula is C15H15N3O. The zero-order valence-electron chi connectivity index (χ0n) is 10.8. The van der Waals surface area contributed by atoms with Crippen LogP contribution >= 0.6 is 0 Å². The zero-order valence-corrected chi connectivity index (χ0v) is 10.8.